The molecule has 30 heavy (non-hydrogen) atoms. The standard InChI is InChI=1S/C23H23NO5S/c1-4-15(2)29-19-11-10-16(12-20(19)28-3)13-21-22(26)24(23(27)30-21)14-18(25)17-8-6-5-7-9-17/h5-13,15H,4,14H2,1-3H3/b21-13-/t15-/m0/s1. The molecule has 3 rings (SSSR count). The van der Waals surface area contributed by atoms with E-state index in [9.17, 15) is 14.4 Å². The first-order valence-corrected chi connectivity index (χ1v) is 10.4. The molecule has 1 saturated heterocycles. The van der Waals surface area contributed by atoms with Crippen molar-refractivity contribution in [2.45, 2.75) is 26.4 Å². The number of hydrogen-bond donors (Lipinski definition) is 0. The summed E-state index contributed by atoms with van der Waals surface area (Å²) in [6.45, 7) is 3.72. The second-order valence-corrected chi connectivity index (χ2v) is 7.80. The molecular weight excluding hydrogens is 402 g/mol. The van der Waals surface area contributed by atoms with Crippen LogP contribution in [0.1, 0.15) is 36.2 Å². The van der Waals surface area contributed by atoms with E-state index in [4.69, 9.17) is 9.47 Å². The summed E-state index contributed by atoms with van der Waals surface area (Å²) in [6, 6.07) is 13.9. The Hall–Kier alpha value is -3.06. The third kappa shape index (κ3) is 4.91. The normalized spacial score (nSPS) is 16.1. The Bertz CT molecular complexity index is 986. The van der Waals surface area contributed by atoms with Crippen molar-refractivity contribution >= 4 is 34.8 Å². The van der Waals surface area contributed by atoms with E-state index < -0.39 is 11.1 Å². The summed E-state index contributed by atoms with van der Waals surface area (Å²) in [5.41, 5.74) is 1.16. The van der Waals surface area contributed by atoms with Gasteiger partial charge in [-0.15, -0.1) is 0 Å². The van der Waals surface area contributed by atoms with Crippen LogP contribution in [0.3, 0.4) is 0 Å². The number of amides is 2. The molecular formula is C23H23NO5S. The molecule has 0 N–H and O–H groups in total. The van der Waals surface area contributed by atoms with Gasteiger partial charge in [0.2, 0.25) is 0 Å². The second kappa shape index (κ2) is 9.63. The van der Waals surface area contributed by atoms with E-state index in [1.54, 1.807) is 61.7 Å². The third-order valence-corrected chi connectivity index (χ3v) is 5.57. The Morgan fingerprint density at radius 1 is 1.13 bits per heavy atom. The zero-order valence-electron chi connectivity index (χ0n) is 17.1. The number of rotatable bonds is 8. The summed E-state index contributed by atoms with van der Waals surface area (Å²) in [7, 11) is 1.55. The molecule has 1 aliphatic heterocycles. The fourth-order valence-corrected chi connectivity index (χ4v) is 3.66. The van der Waals surface area contributed by atoms with E-state index in [-0.39, 0.29) is 23.3 Å². The van der Waals surface area contributed by atoms with Crippen molar-refractivity contribution < 1.29 is 23.9 Å². The van der Waals surface area contributed by atoms with E-state index in [0.29, 0.717) is 22.6 Å². The van der Waals surface area contributed by atoms with E-state index in [2.05, 4.69) is 0 Å². The molecule has 2 aromatic rings. The van der Waals surface area contributed by atoms with Gasteiger partial charge in [0.1, 0.15) is 0 Å². The molecule has 1 heterocycles. The first-order chi connectivity index (χ1) is 14.4. The van der Waals surface area contributed by atoms with Crippen molar-refractivity contribution in [1.29, 1.82) is 0 Å². The van der Waals surface area contributed by atoms with Crippen LogP contribution in [0.4, 0.5) is 4.79 Å². The molecule has 0 aliphatic carbocycles. The van der Waals surface area contributed by atoms with Gasteiger partial charge >= 0.3 is 0 Å². The number of methoxy groups -OCH3 is 1. The van der Waals surface area contributed by atoms with Crippen LogP contribution in [0.25, 0.3) is 6.08 Å². The Balaban J connectivity index is 1.77. The second-order valence-electron chi connectivity index (χ2n) is 6.80. The molecule has 0 unspecified atom stereocenters. The van der Waals surface area contributed by atoms with Crippen LogP contribution in [-0.2, 0) is 4.79 Å². The SMILES string of the molecule is CC[C@H](C)Oc1ccc(/C=C2\SC(=O)N(CC(=O)c3ccccc3)C2=O)cc1OC. The maximum absolute atomic E-state index is 12.7. The van der Waals surface area contributed by atoms with Crippen LogP contribution in [-0.4, -0.2) is 41.6 Å². The zero-order valence-corrected chi connectivity index (χ0v) is 17.9. The number of nitrogens with zero attached hydrogens (tertiary/aromatic N) is 1. The number of carbonyl (C=O) groups excluding carboxylic acids is 3. The van der Waals surface area contributed by atoms with Gasteiger partial charge in [0, 0.05) is 5.56 Å². The van der Waals surface area contributed by atoms with Crippen LogP contribution in [0.5, 0.6) is 11.5 Å². The van der Waals surface area contributed by atoms with Crippen molar-refractivity contribution in [2.75, 3.05) is 13.7 Å². The molecule has 156 valence electrons. The molecule has 0 bridgehead atoms. The molecule has 0 spiro atoms. The lowest BCUT2D eigenvalue weighted by Gasteiger charge is -2.15. The highest BCUT2D eigenvalue weighted by atomic mass is 32.2. The average Bonchev–Trinajstić information content (AvgIpc) is 3.02. The van der Waals surface area contributed by atoms with Gasteiger partial charge < -0.3 is 9.47 Å². The van der Waals surface area contributed by atoms with Gasteiger partial charge in [-0.2, -0.15) is 0 Å². The summed E-state index contributed by atoms with van der Waals surface area (Å²) in [5.74, 6) is 0.397. The lowest BCUT2D eigenvalue weighted by atomic mass is 10.1. The van der Waals surface area contributed by atoms with Crippen molar-refractivity contribution in [2.24, 2.45) is 0 Å². The molecule has 1 atom stereocenters. The highest BCUT2D eigenvalue weighted by molar-refractivity contribution is 8.18. The zero-order chi connectivity index (χ0) is 21.7. The number of Topliss-reactive ketones (excluding diaryl/α,β-unsaturated/α-hetero) is 1. The maximum atomic E-state index is 12.7. The molecule has 2 amide bonds. The van der Waals surface area contributed by atoms with E-state index >= 15 is 0 Å². The van der Waals surface area contributed by atoms with E-state index in [1.165, 1.54) is 0 Å². The van der Waals surface area contributed by atoms with Gasteiger partial charge in [-0.3, -0.25) is 19.3 Å². The van der Waals surface area contributed by atoms with Crippen molar-refractivity contribution in [1.82, 2.24) is 4.90 Å². The summed E-state index contributed by atoms with van der Waals surface area (Å²) >= 11 is 0.820. The van der Waals surface area contributed by atoms with Crippen molar-refractivity contribution in [3.8, 4) is 11.5 Å². The minimum atomic E-state index is -0.479. The van der Waals surface area contributed by atoms with Gasteiger partial charge in [0.25, 0.3) is 11.1 Å². The van der Waals surface area contributed by atoms with E-state index in [1.807, 2.05) is 13.8 Å². The lowest BCUT2D eigenvalue weighted by Crippen LogP contribution is -2.33. The van der Waals surface area contributed by atoms with Crippen molar-refractivity contribution in [3.05, 3.63) is 64.6 Å². The smallest absolute Gasteiger partial charge is 0.293 e. The monoisotopic (exact) mass is 425 g/mol. The van der Waals surface area contributed by atoms with Crippen LogP contribution in [0.15, 0.2) is 53.4 Å². The Morgan fingerprint density at radius 2 is 1.87 bits per heavy atom. The molecule has 6 nitrogen and oxygen atoms in total. The van der Waals surface area contributed by atoms with Gasteiger partial charge in [-0.05, 0) is 48.9 Å². The Labute approximate surface area is 179 Å². The molecule has 2 aromatic carbocycles. The van der Waals surface area contributed by atoms with Crippen LogP contribution in [0, 0.1) is 0 Å². The van der Waals surface area contributed by atoms with Crippen molar-refractivity contribution in [3.63, 3.8) is 0 Å². The average molecular weight is 426 g/mol. The van der Waals surface area contributed by atoms with Gasteiger partial charge in [-0.1, -0.05) is 43.3 Å². The minimum Gasteiger partial charge on any atom is -0.493 e. The summed E-state index contributed by atoms with van der Waals surface area (Å²) < 4.78 is 11.2. The predicted octanol–water partition coefficient (Wildman–Crippen LogP) is 4.79. The number of imide groups is 1. The highest BCUT2D eigenvalue weighted by Gasteiger charge is 2.36. The number of ether oxygens (including phenoxy) is 2. The molecule has 7 heteroatoms. The largest absolute Gasteiger partial charge is 0.493 e. The number of hydrogen-bond acceptors (Lipinski definition) is 6. The minimum absolute atomic E-state index is 0.0448. The van der Waals surface area contributed by atoms with Crippen LogP contribution >= 0.6 is 11.8 Å². The van der Waals surface area contributed by atoms with E-state index in [0.717, 1.165) is 23.1 Å². The Morgan fingerprint density at radius 3 is 2.53 bits per heavy atom. The number of thioether (sulfide) groups is 1. The molecule has 1 fully saturated rings. The molecule has 0 aromatic heterocycles. The highest BCUT2D eigenvalue weighted by Crippen LogP contribution is 2.35. The van der Waals surface area contributed by atoms with Crippen LogP contribution in [0.2, 0.25) is 0 Å². The van der Waals surface area contributed by atoms with Crippen LogP contribution < -0.4 is 9.47 Å². The fraction of sp³-hybridized carbons (Fsp3) is 0.261. The fourth-order valence-electron chi connectivity index (χ4n) is 2.82. The van der Waals surface area contributed by atoms with Gasteiger partial charge in [-0.25, -0.2) is 0 Å². The summed E-state index contributed by atoms with van der Waals surface area (Å²) in [5, 5.41) is -0.459. The third-order valence-electron chi connectivity index (χ3n) is 4.66. The Kier molecular flexibility index (Phi) is 6.95. The van der Waals surface area contributed by atoms with Gasteiger partial charge in [0.05, 0.1) is 24.7 Å². The first kappa shape index (κ1) is 21.6. The number of carbonyl (C=O) groups is 3. The number of ketones is 1. The summed E-state index contributed by atoms with van der Waals surface area (Å²) in [4.78, 5) is 38.6. The maximum Gasteiger partial charge on any atom is 0.293 e. The topological polar surface area (TPSA) is 72.9 Å². The summed E-state index contributed by atoms with van der Waals surface area (Å²) in [6.07, 6.45) is 2.52. The lowest BCUT2D eigenvalue weighted by molar-refractivity contribution is -0.122. The van der Waals surface area contributed by atoms with Gasteiger partial charge in [0.15, 0.2) is 17.3 Å². The molecule has 0 radical (unpaired) electrons. The quantitative estimate of drug-likeness (QED) is 0.447. The molecule has 1 aliphatic rings. The predicted molar refractivity (Wildman–Crippen MR) is 117 cm³/mol. The molecule has 0 saturated carbocycles. The first-order valence-electron chi connectivity index (χ1n) is 9.61. The number of benzene rings is 2.